The average Bonchev–Trinajstić information content (AvgIpc) is 2.74. The summed E-state index contributed by atoms with van der Waals surface area (Å²) in [6, 6.07) is 0.260. The van der Waals surface area contributed by atoms with Gasteiger partial charge in [0.1, 0.15) is 11.6 Å². The van der Waals surface area contributed by atoms with E-state index in [1.165, 1.54) is 7.11 Å². The van der Waals surface area contributed by atoms with Crippen molar-refractivity contribution in [2.45, 2.75) is 57.2 Å². The van der Waals surface area contributed by atoms with Crippen molar-refractivity contribution in [3.8, 4) is 0 Å². The van der Waals surface area contributed by atoms with Crippen LogP contribution in [0.1, 0.15) is 39.5 Å². The fraction of sp³-hybridized carbons (Fsp3) is 0.933. The van der Waals surface area contributed by atoms with Crippen molar-refractivity contribution in [3.05, 3.63) is 0 Å². The van der Waals surface area contributed by atoms with E-state index in [2.05, 4.69) is 19.2 Å². The SMILES string of the molecule is COC(=O)C1(NC(C)C)CCCC1CCOC1COC1. The lowest BCUT2D eigenvalue weighted by Crippen LogP contribution is -2.57. The molecule has 0 aromatic carbocycles. The van der Waals surface area contributed by atoms with Crippen LogP contribution in [-0.4, -0.2) is 50.6 Å². The Kier molecular flexibility index (Phi) is 5.41. The van der Waals surface area contributed by atoms with E-state index in [-0.39, 0.29) is 18.1 Å². The lowest BCUT2D eigenvalue weighted by Gasteiger charge is -2.36. The molecule has 2 fully saturated rings. The third-order valence-electron chi connectivity index (χ3n) is 4.34. The molecule has 0 radical (unpaired) electrons. The van der Waals surface area contributed by atoms with Crippen LogP contribution in [-0.2, 0) is 19.0 Å². The smallest absolute Gasteiger partial charge is 0.326 e. The Morgan fingerprint density at radius 1 is 1.45 bits per heavy atom. The fourth-order valence-electron chi connectivity index (χ4n) is 3.37. The number of hydrogen-bond donors (Lipinski definition) is 1. The first kappa shape index (κ1) is 15.7. The normalized spacial score (nSPS) is 30.5. The van der Waals surface area contributed by atoms with Crippen LogP contribution < -0.4 is 5.32 Å². The molecule has 0 spiro atoms. The predicted molar refractivity (Wildman–Crippen MR) is 75.5 cm³/mol. The number of esters is 1. The molecule has 2 rings (SSSR count). The number of hydrogen-bond acceptors (Lipinski definition) is 5. The van der Waals surface area contributed by atoms with Crippen molar-refractivity contribution in [1.82, 2.24) is 5.32 Å². The van der Waals surface area contributed by atoms with Gasteiger partial charge in [0.05, 0.1) is 20.3 Å². The molecule has 1 N–H and O–H groups in total. The third-order valence-corrected chi connectivity index (χ3v) is 4.34. The summed E-state index contributed by atoms with van der Waals surface area (Å²) in [5, 5.41) is 3.47. The van der Waals surface area contributed by atoms with Crippen LogP contribution in [0.15, 0.2) is 0 Å². The molecule has 2 unspecified atom stereocenters. The van der Waals surface area contributed by atoms with Gasteiger partial charge in [-0.25, -0.2) is 0 Å². The number of carbonyl (C=O) groups is 1. The van der Waals surface area contributed by atoms with Crippen molar-refractivity contribution < 1.29 is 19.0 Å². The zero-order valence-corrected chi connectivity index (χ0v) is 12.8. The molecule has 0 aromatic rings. The highest BCUT2D eigenvalue weighted by Crippen LogP contribution is 2.39. The number of rotatable bonds is 7. The highest BCUT2D eigenvalue weighted by Gasteiger charge is 2.49. The molecule has 0 bridgehead atoms. The summed E-state index contributed by atoms with van der Waals surface area (Å²) in [7, 11) is 1.48. The van der Waals surface area contributed by atoms with Gasteiger partial charge in [0.25, 0.3) is 0 Å². The third kappa shape index (κ3) is 3.32. The Hall–Kier alpha value is -0.650. The van der Waals surface area contributed by atoms with Gasteiger partial charge in [0.15, 0.2) is 0 Å². The van der Waals surface area contributed by atoms with Crippen molar-refractivity contribution >= 4 is 5.97 Å². The van der Waals surface area contributed by atoms with Crippen molar-refractivity contribution in [2.24, 2.45) is 5.92 Å². The number of carbonyl (C=O) groups excluding carboxylic acids is 1. The molecule has 2 atom stereocenters. The van der Waals surface area contributed by atoms with E-state index in [4.69, 9.17) is 14.2 Å². The number of ether oxygens (including phenoxy) is 3. The Morgan fingerprint density at radius 2 is 2.20 bits per heavy atom. The van der Waals surface area contributed by atoms with Crippen molar-refractivity contribution in [3.63, 3.8) is 0 Å². The van der Waals surface area contributed by atoms with Gasteiger partial charge < -0.3 is 14.2 Å². The van der Waals surface area contributed by atoms with Gasteiger partial charge in [-0.2, -0.15) is 0 Å². The second-order valence-corrected chi connectivity index (χ2v) is 6.17. The van der Waals surface area contributed by atoms with E-state index in [1.54, 1.807) is 0 Å². The molecule has 2 aliphatic rings. The molecular formula is C15H27NO4. The second kappa shape index (κ2) is 6.87. The molecule has 1 aliphatic carbocycles. The topological polar surface area (TPSA) is 56.8 Å². The van der Waals surface area contributed by atoms with Gasteiger partial charge in [0, 0.05) is 12.6 Å². The summed E-state index contributed by atoms with van der Waals surface area (Å²) < 4.78 is 15.9. The van der Waals surface area contributed by atoms with Crippen LogP contribution in [0.25, 0.3) is 0 Å². The first-order chi connectivity index (χ1) is 9.58. The standard InChI is InChI=1S/C15H27NO4/c1-11(2)16-15(14(17)18-3)7-4-5-12(15)6-8-20-13-9-19-10-13/h11-13,16H,4-10H2,1-3H3. The molecular weight excluding hydrogens is 258 g/mol. The maximum absolute atomic E-state index is 12.3. The lowest BCUT2D eigenvalue weighted by atomic mass is 9.84. The zero-order valence-electron chi connectivity index (χ0n) is 12.8. The fourth-order valence-corrected chi connectivity index (χ4v) is 3.37. The van der Waals surface area contributed by atoms with E-state index in [0.29, 0.717) is 25.7 Å². The molecule has 1 aliphatic heterocycles. The van der Waals surface area contributed by atoms with Gasteiger partial charge in [-0.1, -0.05) is 6.42 Å². The Balaban J connectivity index is 1.94. The summed E-state index contributed by atoms with van der Waals surface area (Å²) in [5.41, 5.74) is -0.525. The quantitative estimate of drug-likeness (QED) is 0.718. The molecule has 5 heteroatoms. The summed E-state index contributed by atoms with van der Waals surface area (Å²) in [4.78, 5) is 12.3. The van der Waals surface area contributed by atoms with Crippen LogP contribution in [0.4, 0.5) is 0 Å². The molecule has 0 amide bonds. The van der Waals surface area contributed by atoms with Crippen LogP contribution in [0.2, 0.25) is 0 Å². The van der Waals surface area contributed by atoms with Gasteiger partial charge in [-0.15, -0.1) is 0 Å². The molecule has 116 valence electrons. The number of nitrogens with one attached hydrogen (secondary N) is 1. The van der Waals surface area contributed by atoms with E-state index in [0.717, 1.165) is 25.7 Å². The second-order valence-electron chi connectivity index (χ2n) is 6.17. The van der Waals surface area contributed by atoms with Crippen molar-refractivity contribution in [2.75, 3.05) is 26.9 Å². The van der Waals surface area contributed by atoms with E-state index < -0.39 is 5.54 Å². The molecule has 5 nitrogen and oxygen atoms in total. The zero-order chi connectivity index (χ0) is 14.6. The maximum Gasteiger partial charge on any atom is 0.326 e. The van der Waals surface area contributed by atoms with E-state index in [1.807, 2.05) is 0 Å². The Morgan fingerprint density at radius 3 is 2.75 bits per heavy atom. The lowest BCUT2D eigenvalue weighted by molar-refractivity contribution is -0.152. The first-order valence-corrected chi connectivity index (χ1v) is 7.64. The highest BCUT2D eigenvalue weighted by molar-refractivity contribution is 5.81. The minimum absolute atomic E-state index is 0.124. The van der Waals surface area contributed by atoms with Gasteiger partial charge in [-0.3, -0.25) is 10.1 Å². The molecule has 20 heavy (non-hydrogen) atoms. The summed E-state index contributed by atoms with van der Waals surface area (Å²) in [6.07, 6.45) is 4.12. The largest absolute Gasteiger partial charge is 0.468 e. The predicted octanol–water partition coefficient (Wildman–Crippen LogP) is 1.50. The Bertz CT molecular complexity index is 330. The van der Waals surface area contributed by atoms with Crippen LogP contribution in [0, 0.1) is 5.92 Å². The summed E-state index contributed by atoms with van der Waals surface area (Å²) in [5.74, 6) is 0.166. The molecule has 0 aromatic heterocycles. The monoisotopic (exact) mass is 285 g/mol. The molecule has 1 saturated heterocycles. The minimum atomic E-state index is -0.525. The van der Waals surface area contributed by atoms with Gasteiger partial charge in [-0.05, 0) is 39.0 Å². The summed E-state index contributed by atoms with van der Waals surface area (Å²) >= 11 is 0. The van der Waals surface area contributed by atoms with Gasteiger partial charge in [0.2, 0.25) is 0 Å². The van der Waals surface area contributed by atoms with E-state index in [9.17, 15) is 4.79 Å². The minimum Gasteiger partial charge on any atom is -0.468 e. The summed E-state index contributed by atoms with van der Waals surface area (Å²) in [6.45, 7) is 6.25. The number of methoxy groups -OCH3 is 1. The van der Waals surface area contributed by atoms with Crippen molar-refractivity contribution in [1.29, 1.82) is 0 Å². The average molecular weight is 285 g/mol. The molecule has 1 heterocycles. The Labute approximate surface area is 121 Å². The van der Waals surface area contributed by atoms with Gasteiger partial charge >= 0.3 is 5.97 Å². The first-order valence-electron chi connectivity index (χ1n) is 7.64. The van der Waals surface area contributed by atoms with E-state index >= 15 is 0 Å². The van der Waals surface area contributed by atoms with Crippen LogP contribution >= 0.6 is 0 Å². The van der Waals surface area contributed by atoms with Crippen LogP contribution in [0.3, 0.4) is 0 Å². The highest BCUT2D eigenvalue weighted by atomic mass is 16.6. The molecule has 1 saturated carbocycles. The maximum atomic E-state index is 12.3. The van der Waals surface area contributed by atoms with Crippen LogP contribution in [0.5, 0.6) is 0 Å².